The first-order valence-corrected chi connectivity index (χ1v) is 8.53. The smallest absolute Gasteiger partial charge is 0.277 e. The molecule has 0 unspecified atom stereocenters. The number of amides is 1. The number of rotatable bonds is 4. The van der Waals surface area contributed by atoms with E-state index >= 15 is 0 Å². The van der Waals surface area contributed by atoms with Crippen molar-refractivity contribution in [2.75, 3.05) is 18.6 Å². The van der Waals surface area contributed by atoms with Gasteiger partial charge in [-0.25, -0.2) is 8.42 Å². The van der Waals surface area contributed by atoms with Crippen LogP contribution in [0.4, 0.5) is 0 Å². The second kappa shape index (κ2) is 5.49. The average molecular weight is 305 g/mol. The standard InChI is InChI=1S/C10H15N3O4S2/c1-6(8(14)11-2)18-10-13-12-9(17-10)7-3-4-19(15,16)5-7/h6-7H,3-5H2,1-2H3,(H,11,14)/t6-,7-/m1/s1. The molecule has 9 heteroatoms. The summed E-state index contributed by atoms with van der Waals surface area (Å²) in [5.74, 6) is 0.213. The predicted octanol–water partition coefficient (Wildman–Crippen LogP) is 0.198. The molecule has 1 aliphatic heterocycles. The molecule has 1 aliphatic rings. The van der Waals surface area contributed by atoms with Gasteiger partial charge in [-0.05, 0) is 13.3 Å². The largest absolute Gasteiger partial charge is 0.416 e. The number of hydrogen-bond acceptors (Lipinski definition) is 7. The van der Waals surface area contributed by atoms with Crippen molar-refractivity contribution in [2.45, 2.75) is 29.7 Å². The van der Waals surface area contributed by atoms with E-state index in [2.05, 4.69) is 15.5 Å². The van der Waals surface area contributed by atoms with Gasteiger partial charge in [0, 0.05) is 7.05 Å². The Hall–Kier alpha value is -1.09. The molecule has 1 fully saturated rings. The summed E-state index contributed by atoms with van der Waals surface area (Å²) in [6.07, 6.45) is 0.514. The zero-order valence-corrected chi connectivity index (χ0v) is 12.3. The SMILES string of the molecule is CNC(=O)[C@@H](C)Sc1nnc([C@@H]2CCS(=O)(=O)C2)o1. The van der Waals surface area contributed by atoms with E-state index in [0.717, 1.165) is 11.8 Å². The molecule has 2 rings (SSSR count). The molecule has 2 atom stereocenters. The van der Waals surface area contributed by atoms with Crippen LogP contribution in [-0.2, 0) is 14.6 Å². The highest BCUT2D eigenvalue weighted by Gasteiger charge is 2.33. The van der Waals surface area contributed by atoms with Crippen molar-refractivity contribution in [1.82, 2.24) is 15.5 Å². The monoisotopic (exact) mass is 305 g/mol. The molecule has 0 spiro atoms. The molecule has 1 amide bonds. The lowest BCUT2D eigenvalue weighted by molar-refractivity contribution is -0.119. The van der Waals surface area contributed by atoms with Crippen molar-refractivity contribution in [2.24, 2.45) is 0 Å². The first-order valence-electron chi connectivity index (χ1n) is 5.83. The topological polar surface area (TPSA) is 102 Å². The van der Waals surface area contributed by atoms with Crippen LogP contribution < -0.4 is 5.32 Å². The number of carbonyl (C=O) groups is 1. The summed E-state index contributed by atoms with van der Waals surface area (Å²) in [4.78, 5) is 11.4. The lowest BCUT2D eigenvalue weighted by Gasteiger charge is -2.05. The summed E-state index contributed by atoms with van der Waals surface area (Å²) in [5, 5.41) is 10.2. The number of carbonyl (C=O) groups excluding carboxylic acids is 1. The van der Waals surface area contributed by atoms with Crippen molar-refractivity contribution in [3.8, 4) is 0 Å². The summed E-state index contributed by atoms with van der Waals surface area (Å²) < 4.78 is 28.2. The van der Waals surface area contributed by atoms with Crippen molar-refractivity contribution >= 4 is 27.5 Å². The van der Waals surface area contributed by atoms with Gasteiger partial charge in [-0.15, -0.1) is 10.2 Å². The Morgan fingerprint density at radius 2 is 2.26 bits per heavy atom. The number of hydrogen-bond donors (Lipinski definition) is 1. The Labute approximate surface area is 115 Å². The van der Waals surface area contributed by atoms with Crippen LogP contribution in [0.15, 0.2) is 9.64 Å². The van der Waals surface area contributed by atoms with E-state index < -0.39 is 9.84 Å². The highest BCUT2D eigenvalue weighted by molar-refractivity contribution is 8.00. The number of aromatic nitrogens is 2. The van der Waals surface area contributed by atoms with Crippen LogP contribution >= 0.6 is 11.8 Å². The summed E-state index contributed by atoms with van der Waals surface area (Å²) in [5.41, 5.74) is 0. The van der Waals surface area contributed by atoms with E-state index in [0.29, 0.717) is 12.3 Å². The van der Waals surface area contributed by atoms with Gasteiger partial charge in [0.15, 0.2) is 9.84 Å². The summed E-state index contributed by atoms with van der Waals surface area (Å²) >= 11 is 1.15. The molecule has 2 heterocycles. The number of thioether (sulfide) groups is 1. The highest BCUT2D eigenvalue weighted by atomic mass is 32.2. The van der Waals surface area contributed by atoms with Crippen molar-refractivity contribution in [3.05, 3.63) is 5.89 Å². The molecule has 1 N–H and O–H groups in total. The maximum Gasteiger partial charge on any atom is 0.277 e. The normalized spacial score (nSPS) is 23.2. The molecule has 0 aromatic carbocycles. The molecule has 0 radical (unpaired) electrons. The summed E-state index contributed by atoms with van der Waals surface area (Å²) in [6.45, 7) is 1.73. The van der Waals surface area contributed by atoms with E-state index in [1.807, 2.05) is 0 Å². The Morgan fingerprint density at radius 3 is 2.84 bits per heavy atom. The minimum absolute atomic E-state index is 0.0598. The van der Waals surface area contributed by atoms with Crippen molar-refractivity contribution in [1.29, 1.82) is 0 Å². The molecule has 106 valence electrons. The second-order valence-electron chi connectivity index (χ2n) is 4.38. The van der Waals surface area contributed by atoms with Crippen LogP contribution in [0.1, 0.15) is 25.2 Å². The Balaban J connectivity index is 2.02. The van der Waals surface area contributed by atoms with E-state index in [1.165, 1.54) is 0 Å². The summed E-state index contributed by atoms with van der Waals surface area (Å²) in [6, 6.07) is 0. The minimum Gasteiger partial charge on any atom is -0.416 e. The van der Waals surface area contributed by atoms with E-state index in [-0.39, 0.29) is 33.8 Å². The maximum absolute atomic E-state index is 11.4. The molecule has 19 heavy (non-hydrogen) atoms. The lowest BCUT2D eigenvalue weighted by Crippen LogP contribution is -2.27. The predicted molar refractivity (Wildman–Crippen MR) is 69.7 cm³/mol. The number of sulfone groups is 1. The lowest BCUT2D eigenvalue weighted by atomic mass is 10.1. The highest BCUT2D eigenvalue weighted by Crippen LogP contribution is 2.30. The van der Waals surface area contributed by atoms with Crippen LogP contribution in [0, 0.1) is 0 Å². The fraction of sp³-hybridized carbons (Fsp3) is 0.700. The molecule has 7 nitrogen and oxygen atoms in total. The van der Waals surface area contributed by atoms with Gasteiger partial charge in [-0.2, -0.15) is 0 Å². The van der Waals surface area contributed by atoms with E-state index in [4.69, 9.17) is 4.42 Å². The van der Waals surface area contributed by atoms with Gasteiger partial charge >= 0.3 is 0 Å². The van der Waals surface area contributed by atoms with Crippen molar-refractivity contribution < 1.29 is 17.6 Å². The summed E-state index contributed by atoms with van der Waals surface area (Å²) in [7, 11) is -1.42. The van der Waals surface area contributed by atoms with Crippen LogP contribution in [0.5, 0.6) is 0 Å². The molecular formula is C10H15N3O4S2. The first kappa shape index (κ1) is 14.3. The van der Waals surface area contributed by atoms with Gasteiger partial charge in [0.05, 0.1) is 22.7 Å². The van der Waals surface area contributed by atoms with Crippen molar-refractivity contribution in [3.63, 3.8) is 0 Å². The third-order valence-corrected chi connectivity index (χ3v) is 5.60. The van der Waals surface area contributed by atoms with E-state index in [9.17, 15) is 13.2 Å². The fourth-order valence-electron chi connectivity index (χ4n) is 1.83. The van der Waals surface area contributed by atoms with Gasteiger partial charge in [0.1, 0.15) is 0 Å². The molecule has 0 aliphatic carbocycles. The Bertz CT molecular complexity index is 569. The third kappa shape index (κ3) is 3.47. The minimum atomic E-state index is -2.97. The molecule has 1 aromatic rings. The van der Waals surface area contributed by atoms with Gasteiger partial charge < -0.3 is 9.73 Å². The van der Waals surface area contributed by atoms with Gasteiger partial charge in [-0.1, -0.05) is 11.8 Å². The van der Waals surface area contributed by atoms with Crippen LogP contribution in [0.25, 0.3) is 0 Å². The zero-order chi connectivity index (χ0) is 14.0. The molecule has 1 aromatic heterocycles. The Morgan fingerprint density at radius 1 is 1.53 bits per heavy atom. The van der Waals surface area contributed by atoms with Crippen LogP contribution in [0.3, 0.4) is 0 Å². The zero-order valence-electron chi connectivity index (χ0n) is 10.6. The Kier molecular flexibility index (Phi) is 4.14. The number of nitrogens with zero attached hydrogens (tertiary/aromatic N) is 2. The number of nitrogens with one attached hydrogen (secondary N) is 1. The average Bonchev–Trinajstić information content (AvgIpc) is 2.94. The molecule has 0 bridgehead atoms. The third-order valence-electron chi connectivity index (χ3n) is 2.90. The quantitative estimate of drug-likeness (QED) is 0.793. The van der Waals surface area contributed by atoms with Gasteiger partial charge in [0.2, 0.25) is 11.8 Å². The van der Waals surface area contributed by atoms with Crippen LogP contribution in [0.2, 0.25) is 0 Å². The van der Waals surface area contributed by atoms with Crippen LogP contribution in [-0.4, -0.2) is 48.3 Å². The maximum atomic E-state index is 11.4. The molecule has 0 saturated carbocycles. The fourth-order valence-corrected chi connectivity index (χ4v) is 4.31. The van der Waals surface area contributed by atoms with E-state index in [1.54, 1.807) is 14.0 Å². The second-order valence-corrected chi connectivity index (χ2v) is 7.90. The molecular weight excluding hydrogens is 290 g/mol. The first-order chi connectivity index (χ1) is 8.91. The molecule has 1 saturated heterocycles. The van der Waals surface area contributed by atoms with Gasteiger partial charge in [0.25, 0.3) is 5.22 Å². The van der Waals surface area contributed by atoms with Gasteiger partial charge in [-0.3, -0.25) is 4.79 Å².